The first-order chi connectivity index (χ1) is 7.88. The second-order valence-corrected chi connectivity index (χ2v) is 6.00. The fourth-order valence-corrected chi connectivity index (χ4v) is 1.72. The first-order valence-corrected chi connectivity index (χ1v) is 6.22. The van der Waals surface area contributed by atoms with E-state index in [0.29, 0.717) is 6.10 Å². The summed E-state index contributed by atoms with van der Waals surface area (Å²) in [6.07, 6.45) is 4.65. The van der Waals surface area contributed by atoms with E-state index in [1.54, 1.807) is 0 Å². The van der Waals surface area contributed by atoms with Gasteiger partial charge in [0.1, 0.15) is 11.6 Å². The highest BCUT2D eigenvalue weighted by Gasteiger charge is 2.27. The van der Waals surface area contributed by atoms with Gasteiger partial charge in [0.15, 0.2) is 0 Å². The van der Waals surface area contributed by atoms with Crippen molar-refractivity contribution in [3.63, 3.8) is 0 Å². The standard InChI is InChI=1S/C14H22N2O/c1-14(2,3)11-8-13(16(4)5)15-9-12(11)17-10-6-7-10/h8-10H,6-7H2,1-5H3. The Balaban J connectivity index is 2.36. The number of pyridine rings is 1. The van der Waals surface area contributed by atoms with Crippen molar-refractivity contribution in [2.24, 2.45) is 0 Å². The molecule has 3 heteroatoms. The van der Waals surface area contributed by atoms with E-state index in [2.05, 4.69) is 31.8 Å². The predicted octanol–water partition coefficient (Wildman–Crippen LogP) is 2.99. The number of rotatable bonds is 3. The molecule has 0 spiro atoms. The molecule has 94 valence electrons. The zero-order chi connectivity index (χ0) is 12.6. The highest BCUT2D eigenvalue weighted by atomic mass is 16.5. The van der Waals surface area contributed by atoms with Gasteiger partial charge in [-0.25, -0.2) is 4.98 Å². The predicted molar refractivity (Wildman–Crippen MR) is 70.9 cm³/mol. The molecule has 0 bridgehead atoms. The zero-order valence-corrected chi connectivity index (χ0v) is 11.4. The van der Waals surface area contributed by atoms with Crippen LogP contribution in [0.25, 0.3) is 0 Å². The van der Waals surface area contributed by atoms with Crippen LogP contribution in [-0.4, -0.2) is 25.2 Å². The lowest BCUT2D eigenvalue weighted by Gasteiger charge is -2.24. The maximum absolute atomic E-state index is 5.94. The number of aromatic nitrogens is 1. The normalized spacial score (nSPS) is 15.8. The van der Waals surface area contributed by atoms with Gasteiger partial charge < -0.3 is 9.64 Å². The third kappa shape index (κ3) is 2.90. The Hall–Kier alpha value is -1.25. The van der Waals surface area contributed by atoms with Gasteiger partial charge in [-0.15, -0.1) is 0 Å². The lowest BCUT2D eigenvalue weighted by Crippen LogP contribution is -2.17. The quantitative estimate of drug-likeness (QED) is 0.804. The average molecular weight is 234 g/mol. The Morgan fingerprint density at radius 1 is 1.29 bits per heavy atom. The van der Waals surface area contributed by atoms with Gasteiger partial charge in [-0.2, -0.15) is 0 Å². The van der Waals surface area contributed by atoms with Crippen molar-refractivity contribution in [3.05, 3.63) is 17.8 Å². The molecule has 0 amide bonds. The smallest absolute Gasteiger partial charge is 0.141 e. The molecule has 0 radical (unpaired) electrons. The summed E-state index contributed by atoms with van der Waals surface area (Å²) in [5.74, 6) is 1.93. The van der Waals surface area contributed by atoms with E-state index in [4.69, 9.17) is 4.74 Å². The summed E-state index contributed by atoms with van der Waals surface area (Å²) in [5.41, 5.74) is 1.32. The van der Waals surface area contributed by atoms with Crippen molar-refractivity contribution in [1.29, 1.82) is 0 Å². The van der Waals surface area contributed by atoms with Crippen LogP contribution in [0.3, 0.4) is 0 Å². The molecule has 1 aromatic heterocycles. The fourth-order valence-electron chi connectivity index (χ4n) is 1.72. The van der Waals surface area contributed by atoms with Crippen LogP contribution in [0.15, 0.2) is 12.3 Å². The molecule has 1 heterocycles. The Labute approximate surface area is 104 Å². The molecule has 1 saturated carbocycles. The molecule has 2 rings (SSSR count). The van der Waals surface area contributed by atoms with E-state index in [1.807, 2.05) is 25.2 Å². The Morgan fingerprint density at radius 2 is 1.94 bits per heavy atom. The molecule has 1 fully saturated rings. The van der Waals surface area contributed by atoms with Gasteiger partial charge in [0.05, 0.1) is 12.3 Å². The van der Waals surface area contributed by atoms with Gasteiger partial charge in [-0.05, 0) is 24.3 Å². The van der Waals surface area contributed by atoms with Crippen LogP contribution in [0.4, 0.5) is 5.82 Å². The second kappa shape index (κ2) is 4.21. The first kappa shape index (κ1) is 12.2. The summed E-state index contributed by atoms with van der Waals surface area (Å²) in [5, 5.41) is 0. The minimum absolute atomic E-state index is 0.0813. The molecule has 0 N–H and O–H groups in total. The Kier molecular flexibility index (Phi) is 3.02. The summed E-state index contributed by atoms with van der Waals surface area (Å²) >= 11 is 0. The maximum Gasteiger partial charge on any atom is 0.141 e. The topological polar surface area (TPSA) is 25.4 Å². The summed E-state index contributed by atoms with van der Waals surface area (Å²) in [6, 6.07) is 2.14. The number of ether oxygens (including phenoxy) is 1. The zero-order valence-electron chi connectivity index (χ0n) is 11.4. The van der Waals surface area contributed by atoms with Crippen LogP contribution in [0.5, 0.6) is 5.75 Å². The van der Waals surface area contributed by atoms with Gasteiger partial charge in [0.2, 0.25) is 0 Å². The molecule has 1 aromatic rings. The molecule has 0 aliphatic heterocycles. The number of anilines is 1. The Morgan fingerprint density at radius 3 is 2.41 bits per heavy atom. The van der Waals surface area contributed by atoms with E-state index < -0.39 is 0 Å². The first-order valence-electron chi connectivity index (χ1n) is 6.22. The molecule has 1 aliphatic carbocycles. The summed E-state index contributed by atoms with van der Waals surface area (Å²) in [7, 11) is 4.02. The van der Waals surface area contributed by atoms with Crippen LogP contribution in [0.2, 0.25) is 0 Å². The van der Waals surface area contributed by atoms with E-state index >= 15 is 0 Å². The maximum atomic E-state index is 5.94. The fraction of sp³-hybridized carbons (Fsp3) is 0.643. The molecule has 0 aromatic carbocycles. The van der Waals surface area contributed by atoms with Gasteiger partial charge in [0.25, 0.3) is 0 Å². The van der Waals surface area contributed by atoms with Crippen LogP contribution >= 0.6 is 0 Å². The van der Waals surface area contributed by atoms with Gasteiger partial charge >= 0.3 is 0 Å². The van der Waals surface area contributed by atoms with Gasteiger partial charge in [-0.3, -0.25) is 0 Å². The van der Waals surface area contributed by atoms with Gasteiger partial charge in [-0.1, -0.05) is 20.8 Å². The molecule has 1 aliphatic rings. The molecule has 0 unspecified atom stereocenters. The van der Waals surface area contributed by atoms with E-state index in [9.17, 15) is 0 Å². The SMILES string of the molecule is CN(C)c1cc(C(C)(C)C)c(OC2CC2)cn1. The Bertz CT molecular complexity index is 403. The van der Waals surface area contributed by atoms with Crippen molar-refractivity contribution in [2.45, 2.75) is 45.1 Å². The second-order valence-electron chi connectivity index (χ2n) is 6.00. The molecule has 0 atom stereocenters. The van der Waals surface area contributed by atoms with Crippen molar-refractivity contribution >= 4 is 5.82 Å². The van der Waals surface area contributed by atoms with Crippen molar-refractivity contribution in [1.82, 2.24) is 4.98 Å². The largest absolute Gasteiger partial charge is 0.489 e. The summed E-state index contributed by atoms with van der Waals surface area (Å²) < 4.78 is 5.94. The minimum atomic E-state index is 0.0813. The number of hydrogen-bond acceptors (Lipinski definition) is 3. The highest BCUT2D eigenvalue weighted by Crippen LogP contribution is 2.36. The monoisotopic (exact) mass is 234 g/mol. The third-order valence-corrected chi connectivity index (χ3v) is 2.94. The van der Waals surface area contributed by atoms with Crippen LogP contribution in [-0.2, 0) is 5.41 Å². The van der Waals surface area contributed by atoms with Crippen molar-refractivity contribution < 1.29 is 4.74 Å². The minimum Gasteiger partial charge on any atom is -0.489 e. The van der Waals surface area contributed by atoms with Crippen LogP contribution in [0, 0.1) is 0 Å². The van der Waals surface area contributed by atoms with E-state index in [-0.39, 0.29) is 5.41 Å². The lowest BCUT2D eigenvalue weighted by atomic mass is 9.87. The number of nitrogens with zero attached hydrogens (tertiary/aromatic N) is 2. The van der Waals surface area contributed by atoms with Crippen molar-refractivity contribution in [2.75, 3.05) is 19.0 Å². The third-order valence-electron chi connectivity index (χ3n) is 2.94. The van der Waals surface area contributed by atoms with Crippen LogP contribution in [0.1, 0.15) is 39.2 Å². The molecule has 0 saturated heterocycles. The molecular formula is C14H22N2O. The summed E-state index contributed by atoms with van der Waals surface area (Å²) in [6.45, 7) is 6.63. The van der Waals surface area contributed by atoms with Crippen molar-refractivity contribution in [3.8, 4) is 5.75 Å². The van der Waals surface area contributed by atoms with Crippen LogP contribution < -0.4 is 9.64 Å². The lowest BCUT2D eigenvalue weighted by molar-refractivity contribution is 0.293. The molecule has 17 heavy (non-hydrogen) atoms. The van der Waals surface area contributed by atoms with E-state index in [1.165, 1.54) is 18.4 Å². The van der Waals surface area contributed by atoms with Gasteiger partial charge in [0, 0.05) is 19.7 Å². The molecule has 3 nitrogen and oxygen atoms in total. The number of hydrogen-bond donors (Lipinski definition) is 0. The average Bonchev–Trinajstić information content (AvgIpc) is 3.00. The summed E-state index contributed by atoms with van der Waals surface area (Å²) in [4.78, 5) is 6.46. The van der Waals surface area contributed by atoms with E-state index in [0.717, 1.165) is 11.6 Å². The highest BCUT2D eigenvalue weighted by molar-refractivity contribution is 5.48. The molecular weight excluding hydrogens is 212 g/mol.